The Kier molecular flexibility index (Phi) is 18.6. The number of nitrogens with zero attached hydrogens (tertiary/aromatic N) is 1. The number of rotatable bonds is 20. The van der Waals surface area contributed by atoms with Crippen LogP contribution in [0, 0.1) is 54.3 Å². The van der Waals surface area contributed by atoms with Gasteiger partial charge < -0.3 is 43.7 Å². The Morgan fingerprint density at radius 1 is 0.954 bits per heavy atom. The van der Waals surface area contributed by atoms with Crippen LogP contribution in [0.4, 0.5) is 13.2 Å². The second-order valence-electron chi connectivity index (χ2n) is 16.8. The Labute approximate surface area is 377 Å². The van der Waals surface area contributed by atoms with Gasteiger partial charge in [0.15, 0.2) is 5.75 Å². The maximum Gasteiger partial charge on any atom is 0.416 e. The molecule has 3 heterocycles. The van der Waals surface area contributed by atoms with E-state index in [0.717, 1.165) is 12.1 Å². The average molecular weight is 910 g/mol. The predicted molar refractivity (Wildman–Crippen MR) is 229 cm³/mol. The van der Waals surface area contributed by atoms with E-state index in [4.69, 9.17) is 41.3 Å². The normalized spacial score (nSPS) is 22.2. The van der Waals surface area contributed by atoms with Crippen molar-refractivity contribution in [3.63, 3.8) is 0 Å². The van der Waals surface area contributed by atoms with E-state index in [-0.39, 0.29) is 62.9 Å². The largest absolute Gasteiger partial charge is 0.491 e. The van der Waals surface area contributed by atoms with Crippen molar-refractivity contribution < 1.29 is 71.3 Å². The van der Waals surface area contributed by atoms with Crippen molar-refractivity contribution in [1.82, 2.24) is 4.98 Å². The number of aryl methyl sites for hydroxylation is 1. The van der Waals surface area contributed by atoms with Crippen molar-refractivity contribution in [2.24, 2.45) is 22.7 Å². The zero-order valence-electron chi connectivity index (χ0n) is 36.6. The summed E-state index contributed by atoms with van der Waals surface area (Å²) in [4.78, 5) is 44.9. The van der Waals surface area contributed by atoms with Gasteiger partial charge in [-0.25, -0.2) is 0 Å². The summed E-state index contributed by atoms with van der Waals surface area (Å²) in [5, 5.41) is 31.8. The van der Waals surface area contributed by atoms with E-state index in [9.17, 15) is 42.9 Å². The molecule has 0 bridgehead atoms. The molecule has 2 aromatic rings. The highest BCUT2D eigenvalue weighted by Crippen LogP contribution is 2.39. The van der Waals surface area contributed by atoms with E-state index in [1.165, 1.54) is 24.4 Å². The zero-order chi connectivity index (χ0) is 47.0. The summed E-state index contributed by atoms with van der Waals surface area (Å²) in [6.07, 6.45) is 15.2. The van der Waals surface area contributed by atoms with Crippen LogP contribution in [0.1, 0.15) is 93.0 Å². The summed E-state index contributed by atoms with van der Waals surface area (Å²) in [6.45, 7) is 2.16. The first-order valence-corrected chi connectivity index (χ1v) is 21.8. The summed E-state index contributed by atoms with van der Waals surface area (Å²) in [5.41, 5.74) is -1.71. The average Bonchev–Trinajstić information content (AvgIpc) is 3.56. The quantitative estimate of drug-likeness (QED) is 0.0567. The molecule has 3 aliphatic rings. The first-order chi connectivity index (χ1) is 31.1. The van der Waals surface area contributed by atoms with E-state index >= 15 is 0 Å². The van der Waals surface area contributed by atoms with Crippen molar-refractivity contribution in [3.8, 4) is 36.2 Å². The number of benzene rings is 1. The monoisotopic (exact) mass is 909 g/mol. The minimum atomic E-state index is -4.54. The maximum atomic E-state index is 13.6. The van der Waals surface area contributed by atoms with E-state index in [1.54, 1.807) is 13.0 Å². The molecule has 1 aromatic carbocycles. The lowest BCUT2D eigenvalue weighted by Crippen LogP contribution is -2.38. The van der Waals surface area contributed by atoms with Crippen LogP contribution in [0.3, 0.4) is 0 Å². The van der Waals surface area contributed by atoms with Gasteiger partial charge in [0.25, 0.3) is 0 Å². The van der Waals surface area contributed by atoms with Crippen molar-refractivity contribution in [2.45, 2.75) is 115 Å². The van der Waals surface area contributed by atoms with E-state index in [2.05, 4.69) is 16.8 Å². The number of pyridine rings is 1. The number of halogens is 3. The lowest BCUT2D eigenvalue weighted by atomic mass is 9.77. The van der Waals surface area contributed by atoms with Gasteiger partial charge in [-0.15, -0.1) is 24.7 Å². The highest BCUT2D eigenvalue weighted by atomic mass is 19.4. The van der Waals surface area contributed by atoms with Gasteiger partial charge in [-0.3, -0.25) is 19.4 Å². The molecule has 1 saturated carbocycles. The van der Waals surface area contributed by atoms with Crippen LogP contribution < -0.4 is 9.47 Å². The first-order valence-electron chi connectivity index (χ1n) is 21.8. The molecule has 65 heavy (non-hydrogen) atoms. The number of aromatic nitrogens is 1. The molecule has 3 fully saturated rings. The molecule has 0 amide bonds. The molecule has 2 aliphatic heterocycles. The lowest BCUT2D eigenvalue weighted by molar-refractivity contribution is -0.164. The van der Waals surface area contributed by atoms with Crippen molar-refractivity contribution in [1.29, 1.82) is 0 Å². The molecule has 16 heteroatoms. The molecule has 5 atom stereocenters. The van der Waals surface area contributed by atoms with Crippen molar-refractivity contribution in [2.75, 3.05) is 33.0 Å². The fourth-order valence-electron chi connectivity index (χ4n) is 8.36. The smallest absolute Gasteiger partial charge is 0.416 e. The number of carbonyl (C=O) groups is 3. The number of esters is 3. The third-order valence-corrected chi connectivity index (χ3v) is 12.4. The zero-order valence-corrected chi connectivity index (χ0v) is 36.6. The Morgan fingerprint density at radius 3 is 2.20 bits per heavy atom. The summed E-state index contributed by atoms with van der Waals surface area (Å²) in [6, 6.07) is 4.32. The second-order valence-corrected chi connectivity index (χ2v) is 16.8. The number of carbonyl (C=O) groups excluding carboxylic acids is 3. The van der Waals surface area contributed by atoms with Gasteiger partial charge in [0.05, 0.1) is 34.3 Å². The summed E-state index contributed by atoms with van der Waals surface area (Å²) in [7, 11) is 0. The fraction of sp³-hybridized carbons (Fsp3) is 0.551. The summed E-state index contributed by atoms with van der Waals surface area (Å²) in [5.74, 6) is 2.71. The number of aliphatic hydroxyl groups is 3. The minimum Gasteiger partial charge on any atom is -0.491 e. The number of aliphatic hydroxyl groups excluding tert-OH is 3. The number of ether oxygens (including phenoxy) is 6. The molecule has 1 aromatic heterocycles. The van der Waals surface area contributed by atoms with E-state index in [1.807, 2.05) is 12.2 Å². The van der Waals surface area contributed by atoms with E-state index < -0.39 is 64.7 Å². The topological polar surface area (TPSA) is 180 Å². The van der Waals surface area contributed by atoms with Gasteiger partial charge in [-0.2, -0.15) is 13.2 Å². The summed E-state index contributed by atoms with van der Waals surface area (Å²) >= 11 is 0. The van der Waals surface area contributed by atoms with Gasteiger partial charge in [0, 0.05) is 75.4 Å². The second kappa shape index (κ2) is 23.8. The molecule has 3 N–H and O–H groups in total. The number of terminal acetylenes is 2. The van der Waals surface area contributed by atoms with Crippen LogP contribution >= 0.6 is 0 Å². The minimum absolute atomic E-state index is 0.000765. The number of hydrogen-bond donors (Lipinski definition) is 3. The third kappa shape index (κ3) is 13.9. The number of allylic oxidation sites excluding steroid dienone is 2. The Bertz CT molecular complexity index is 2080. The molecule has 2 saturated heterocycles. The van der Waals surface area contributed by atoms with Crippen LogP contribution in [0.15, 0.2) is 54.8 Å². The highest BCUT2D eigenvalue weighted by Gasteiger charge is 2.43. The van der Waals surface area contributed by atoms with Gasteiger partial charge in [-0.05, 0) is 76.0 Å². The third-order valence-electron chi connectivity index (χ3n) is 12.4. The highest BCUT2D eigenvalue weighted by molar-refractivity contribution is 5.78. The van der Waals surface area contributed by atoms with Crippen molar-refractivity contribution >= 4 is 17.9 Å². The standard InChI is InChI=1S/C49H58F3NO12/c1-4-17-47(19-23-60-24-20-47)45(58)63-30-34-29-53-33(3)44(40(34)32-64-46(59)48(18-5-2)21-25-61-26-22-48)65-43(57)14-9-7-6-8-13-38-39(42(56)28-41(38)55)16-15-36(54)31-62-37-12-10-11-35(27-37)49(50,51)52/h1-2,6,8,10-12,15-16,27,29,36,38-39,41-42,54-56H,7,9,13-14,17-26,28,30-32H2,3H3/b8-6-,16-15+/t36-,38-,39-,41+,42-/m1/s1. The van der Waals surface area contributed by atoms with Crippen LogP contribution in [-0.4, -0.2) is 89.6 Å². The fourth-order valence-corrected chi connectivity index (χ4v) is 8.36. The molecule has 13 nitrogen and oxygen atoms in total. The van der Waals surface area contributed by atoms with Crippen molar-refractivity contribution in [3.05, 3.63) is 77.2 Å². The Hall–Kier alpha value is -5.23. The van der Waals surface area contributed by atoms with Gasteiger partial charge >= 0.3 is 24.1 Å². The SMILES string of the molecule is C#CCC1(C(=O)OCc2cnc(C)c(OC(=O)CCC/C=C\C[C@@H]3[C@@H](/C=C/[C@@H](O)COc4cccc(C(F)(F)F)c4)[C@H](O)C[C@@H]3O)c2COC(=O)C2(CC#C)CCOCC2)CCOCC1. The van der Waals surface area contributed by atoms with Crippen LogP contribution in [0.25, 0.3) is 0 Å². The molecule has 0 unspecified atom stereocenters. The summed E-state index contributed by atoms with van der Waals surface area (Å²) < 4.78 is 73.0. The van der Waals surface area contributed by atoms with Gasteiger partial charge in [0.1, 0.15) is 31.7 Å². The van der Waals surface area contributed by atoms with E-state index in [0.29, 0.717) is 88.2 Å². The maximum absolute atomic E-state index is 13.6. The van der Waals surface area contributed by atoms with Gasteiger partial charge in [-0.1, -0.05) is 30.4 Å². The molecule has 1 aliphatic carbocycles. The molecular weight excluding hydrogens is 852 g/mol. The molecule has 5 rings (SSSR count). The predicted octanol–water partition coefficient (Wildman–Crippen LogP) is 6.51. The van der Waals surface area contributed by atoms with Crippen LogP contribution in [-0.2, 0) is 52.7 Å². The molecule has 0 spiro atoms. The van der Waals surface area contributed by atoms with Gasteiger partial charge in [0.2, 0.25) is 0 Å². The Balaban J connectivity index is 1.18. The lowest BCUT2D eigenvalue weighted by Gasteiger charge is -2.33. The Morgan fingerprint density at radius 2 is 1.58 bits per heavy atom. The molecule has 352 valence electrons. The first kappa shape index (κ1) is 50.8. The van der Waals surface area contributed by atoms with Crippen LogP contribution in [0.2, 0.25) is 0 Å². The number of hydrogen-bond acceptors (Lipinski definition) is 13. The van der Waals surface area contributed by atoms with Crippen LogP contribution in [0.5, 0.6) is 11.5 Å². The number of alkyl halides is 3. The molecule has 0 radical (unpaired) electrons. The molecular formula is C49H58F3NO12. The number of unbranched alkanes of at least 4 members (excludes halogenated alkanes) is 1.